The van der Waals surface area contributed by atoms with Crippen LogP contribution in [0, 0.1) is 11.8 Å². The molecule has 6 nitrogen and oxygen atoms in total. The van der Waals surface area contributed by atoms with Gasteiger partial charge >= 0.3 is 0 Å². The zero-order chi connectivity index (χ0) is 20.2. The van der Waals surface area contributed by atoms with E-state index in [2.05, 4.69) is 5.10 Å². The van der Waals surface area contributed by atoms with E-state index in [0.29, 0.717) is 18.4 Å². The number of piperidine rings is 1. The Labute approximate surface area is 175 Å². The van der Waals surface area contributed by atoms with Gasteiger partial charge in [0.15, 0.2) is 0 Å². The molecule has 1 aliphatic heterocycles. The molecule has 1 saturated heterocycles. The fourth-order valence-electron chi connectivity index (χ4n) is 4.56. The van der Waals surface area contributed by atoms with E-state index in [4.69, 9.17) is 4.74 Å². The summed E-state index contributed by atoms with van der Waals surface area (Å²) in [5, 5.41) is 6.59. The third-order valence-corrected chi connectivity index (χ3v) is 7.20. The molecule has 3 heterocycles. The first-order valence-corrected chi connectivity index (χ1v) is 11.5. The highest BCUT2D eigenvalue weighted by atomic mass is 32.1. The molecule has 29 heavy (non-hydrogen) atoms. The molecular weight excluding hydrogens is 386 g/mol. The number of likely N-dealkylation sites (tertiary alicyclic amines) is 1. The lowest BCUT2D eigenvalue weighted by Crippen LogP contribution is -2.44. The Morgan fingerprint density at radius 2 is 2.03 bits per heavy atom. The van der Waals surface area contributed by atoms with Crippen LogP contribution >= 0.6 is 11.3 Å². The molecule has 0 N–H and O–H groups in total. The minimum Gasteiger partial charge on any atom is -0.381 e. The molecule has 2 fully saturated rings. The van der Waals surface area contributed by atoms with Crippen LogP contribution in [0.2, 0.25) is 0 Å². The maximum absolute atomic E-state index is 12.9. The smallest absolute Gasteiger partial charge is 0.266 e. The molecule has 2 aliphatic rings. The van der Waals surface area contributed by atoms with Gasteiger partial charge in [0, 0.05) is 38.7 Å². The number of amides is 1. The fraction of sp³-hybridized carbons (Fsp3) is 0.591. The molecule has 4 rings (SSSR count). The number of carbonyl (C=O) groups excluding carboxylic acids is 1. The van der Waals surface area contributed by atoms with Crippen LogP contribution in [0.4, 0.5) is 0 Å². The molecule has 2 atom stereocenters. The van der Waals surface area contributed by atoms with Gasteiger partial charge in [0.05, 0.1) is 11.0 Å². The van der Waals surface area contributed by atoms with Gasteiger partial charge in [-0.1, -0.05) is 12.5 Å². The van der Waals surface area contributed by atoms with E-state index >= 15 is 0 Å². The number of rotatable bonds is 5. The molecule has 0 radical (unpaired) electrons. The molecule has 2 aromatic rings. The Morgan fingerprint density at radius 3 is 2.76 bits per heavy atom. The summed E-state index contributed by atoms with van der Waals surface area (Å²) in [4.78, 5) is 28.3. The van der Waals surface area contributed by atoms with Crippen molar-refractivity contribution in [3.8, 4) is 10.6 Å². The first kappa shape index (κ1) is 20.3. The second-order valence-electron chi connectivity index (χ2n) is 8.21. The fourth-order valence-corrected chi connectivity index (χ4v) is 5.25. The Balaban J connectivity index is 1.34. The first-order chi connectivity index (χ1) is 14.1. The summed E-state index contributed by atoms with van der Waals surface area (Å²) in [6.07, 6.45) is 6.03. The zero-order valence-electron chi connectivity index (χ0n) is 17.0. The number of methoxy groups -OCH3 is 1. The highest BCUT2D eigenvalue weighted by Crippen LogP contribution is 2.29. The van der Waals surface area contributed by atoms with E-state index in [0.717, 1.165) is 62.2 Å². The van der Waals surface area contributed by atoms with Crippen molar-refractivity contribution >= 4 is 17.2 Å². The summed E-state index contributed by atoms with van der Waals surface area (Å²) in [5.41, 5.74) is 0.786. The lowest BCUT2D eigenvalue weighted by atomic mass is 9.85. The predicted molar refractivity (Wildman–Crippen MR) is 114 cm³/mol. The summed E-state index contributed by atoms with van der Waals surface area (Å²) in [5.74, 6) is 0.776. The van der Waals surface area contributed by atoms with E-state index in [-0.39, 0.29) is 17.6 Å². The van der Waals surface area contributed by atoms with Crippen molar-refractivity contribution in [3.63, 3.8) is 0 Å². The summed E-state index contributed by atoms with van der Waals surface area (Å²) in [6.45, 7) is 2.17. The van der Waals surface area contributed by atoms with Gasteiger partial charge in [0.1, 0.15) is 5.69 Å². The van der Waals surface area contributed by atoms with Gasteiger partial charge in [-0.25, -0.2) is 4.68 Å². The van der Waals surface area contributed by atoms with Crippen LogP contribution in [0.5, 0.6) is 0 Å². The van der Waals surface area contributed by atoms with Crippen molar-refractivity contribution in [1.29, 1.82) is 0 Å². The van der Waals surface area contributed by atoms with Gasteiger partial charge in [-0.05, 0) is 55.5 Å². The van der Waals surface area contributed by atoms with E-state index in [9.17, 15) is 9.59 Å². The van der Waals surface area contributed by atoms with Crippen LogP contribution in [0.25, 0.3) is 10.6 Å². The molecular formula is C22H29N3O3S. The number of hydrogen-bond donors (Lipinski definition) is 0. The topological polar surface area (TPSA) is 64.4 Å². The van der Waals surface area contributed by atoms with Gasteiger partial charge in [0.25, 0.3) is 5.56 Å². The SMILES string of the molecule is CO[C@H]1CCC[C@@H](C(=O)N2CCC(Cn3nc(-c4cccs4)ccc3=O)CC2)C1. The number of nitrogens with zero attached hydrogens (tertiary/aromatic N) is 3. The Morgan fingerprint density at radius 1 is 1.21 bits per heavy atom. The van der Waals surface area contributed by atoms with Gasteiger partial charge in [-0.2, -0.15) is 5.10 Å². The average Bonchev–Trinajstić information content (AvgIpc) is 3.30. The van der Waals surface area contributed by atoms with Crippen LogP contribution < -0.4 is 5.56 Å². The molecule has 0 bridgehead atoms. The predicted octanol–water partition coefficient (Wildman–Crippen LogP) is 3.42. The molecule has 1 aliphatic carbocycles. The zero-order valence-corrected chi connectivity index (χ0v) is 17.8. The van der Waals surface area contributed by atoms with E-state index in [1.54, 1.807) is 35.3 Å². The van der Waals surface area contributed by atoms with E-state index in [1.807, 2.05) is 22.4 Å². The molecule has 0 unspecified atom stereocenters. The quantitative estimate of drug-likeness (QED) is 0.751. The van der Waals surface area contributed by atoms with Crippen LogP contribution in [-0.4, -0.2) is 46.9 Å². The van der Waals surface area contributed by atoms with Crippen molar-refractivity contribution in [3.05, 3.63) is 40.0 Å². The van der Waals surface area contributed by atoms with Crippen LogP contribution in [0.3, 0.4) is 0 Å². The molecule has 1 saturated carbocycles. The summed E-state index contributed by atoms with van der Waals surface area (Å²) in [7, 11) is 1.74. The third kappa shape index (κ3) is 4.78. The molecule has 7 heteroatoms. The standard InChI is InChI=1S/C22H29N3O3S/c1-28-18-5-2-4-17(14-18)22(27)24-11-9-16(10-12-24)15-25-21(26)8-7-19(23-25)20-6-3-13-29-20/h3,6-8,13,16-18H,2,4-5,9-12,14-15H2,1H3/t17-,18+/m1/s1. The van der Waals surface area contributed by atoms with Gasteiger partial charge in [-0.3, -0.25) is 9.59 Å². The molecule has 1 amide bonds. The molecule has 0 aromatic carbocycles. The number of hydrogen-bond acceptors (Lipinski definition) is 5. The Bertz CT molecular complexity index is 872. The number of thiophene rings is 1. The first-order valence-electron chi connectivity index (χ1n) is 10.6. The monoisotopic (exact) mass is 415 g/mol. The van der Waals surface area contributed by atoms with E-state index in [1.165, 1.54) is 0 Å². The van der Waals surface area contributed by atoms with Crippen molar-refractivity contribution in [2.75, 3.05) is 20.2 Å². The van der Waals surface area contributed by atoms with Gasteiger partial charge in [0.2, 0.25) is 5.91 Å². The van der Waals surface area contributed by atoms with Crippen molar-refractivity contribution in [2.45, 2.75) is 51.2 Å². The second kappa shape index (κ2) is 9.22. The normalized spacial score (nSPS) is 23.3. The van der Waals surface area contributed by atoms with Gasteiger partial charge in [-0.15, -0.1) is 11.3 Å². The average molecular weight is 416 g/mol. The highest BCUT2D eigenvalue weighted by molar-refractivity contribution is 7.13. The second-order valence-corrected chi connectivity index (χ2v) is 9.15. The Kier molecular flexibility index (Phi) is 6.45. The molecule has 2 aromatic heterocycles. The Hall–Kier alpha value is -1.99. The minimum atomic E-state index is -0.0587. The van der Waals surface area contributed by atoms with Crippen LogP contribution in [0.1, 0.15) is 38.5 Å². The number of carbonyl (C=O) groups is 1. The minimum absolute atomic E-state index is 0.0587. The number of ether oxygens (including phenoxy) is 1. The summed E-state index contributed by atoms with van der Waals surface area (Å²) >= 11 is 1.62. The molecule has 0 spiro atoms. The number of aromatic nitrogens is 2. The van der Waals surface area contributed by atoms with Crippen LogP contribution in [0.15, 0.2) is 34.4 Å². The van der Waals surface area contributed by atoms with Crippen LogP contribution in [-0.2, 0) is 16.1 Å². The van der Waals surface area contributed by atoms with Gasteiger partial charge < -0.3 is 9.64 Å². The summed E-state index contributed by atoms with van der Waals surface area (Å²) < 4.78 is 7.08. The maximum atomic E-state index is 12.9. The molecule has 156 valence electrons. The van der Waals surface area contributed by atoms with E-state index < -0.39 is 0 Å². The summed E-state index contributed by atoms with van der Waals surface area (Å²) in [6, 6.07) is 7.41. The highest BCUT2D eigenvalue weighted by Gasteiger charge is 2.32. The largest absolute Gasteiger partial charge is 0.381 e. The van der Waals surface area contributed by atoms with Crippen molar-refractivity contribution < 1.29 is 9.53 Å². The lowest BCUT2D eigenvalue weighted by molar-refractivity contribution is -0.139. The lowest BCUT2D eigenvalue weighted by Gasteiger charge is -2.36. The maximum Gasteiger partial charge on any atom is 0.266 e. The van der Waals surface area contributed by atoms with Crippen molar-refractivity contribution in [2.24, 2.45) is 11.8 Å². The third-order valence-electron chi connectivity index (χ3n) is 6.31. The van der Waals surface area contributed by atoms with Crippen molar-refractivity contribution in [1.82, 2.24) is 14.7 Å².